The largest absolute Gasteiger partial charge is 0.484 e. The number of benzene rings is 2. The quantitative estimate of drug-likeness (QED) is 0.497. The van der Waals surface area contributed by atoms with E-state index in [1.807, 2.05) is 48.5 Å². The lowest BCUT2D eigenvalue weighted by atomic mass is 10.0. The number of ether oxygens (including phenoxy) is 1. The first-order valence-electron chi connectivity index (χ1n) is 8.35. The van der Waals surface area contributed by atoms with E-state index in [0.29, 0.717) is 16.8 Å². The van der Waals surface area contributed by atoms with Gasteiger partial charge in [0, 0.05) is 16.5 Å². The summed E-state index contributed by atoms with van der Waals surface area (Å²) in [4.78, 5) is 14.9. The summed E-state index contributed by atoms with van der Waals surface area (Å²) >= 11 is 6.17. The van der Waals surface area contributed by atoms with Gasteiger partial charge in [0.2, 0.25) is 0 Å². The molecule has 0 spiro atoms. The van der Waals surface area contributed by atoms with Gasteiger partial charge < -0.3 is 9.72 Å². The van der Waals surface area contributed by atoms with Gasteiger partial charge in [-0.1, -0.05) is 55.8 Å². The third kappa shape index (κ3) is 4.24. The van der Waals surface area contributed by atoms with Gasteiger partial charge in [-0.25, -0.2) is 5.43 Å². The highest BCUT2D eigenvalue weighted by molar-refractivity contribution is 6.34. The van der Waals surface area contributed by atoms with E-state index >= 15 is 0 Å². The number of amides is 1. The number of nitrogens with zero attached hydrogens (tertiary/aromatic N) is 1. The number of fused-ring (bicyclic) bond motifs is 1. The summed E-state index contributed by atoms with van der Waals surface area (Å²) in [5.74, 6) is 0.761. The summed E-state index contributed by atoms with van der Waals surface area (Å²) in [7, 11) is 0. The number of para-hydroxylation sites is 1. The van der Waals surface area contributed by atoms with Gasteiger partial charge in [0.15, 0.2) is 6.61 Å². The summed E-state index contributed by atoms with van der Waals surface area (Å²) in [6.45, 7) is 4.14. The molecule has 1 amide bonds. The van der Waals surface area contributed by atoms with Crippen molar-refractivity contribution in [2.45, 2.75) is 19.8 Å². The molecule has 6 heteroatoms. The topological polar surface area (TPSA) is 66.5 Å². The second-order valence-electron chi connectivity index (χ2n) is 6.20. The Labute approximate surface area is 157 Å². The highest BCUT2D eigenvalue weighted by atomic mass is 35.5. The Morgan fingerprint density at radius 2 is 1.96 bits per heavy atom. The molecule has 0 aliphatic carbocycles. The lowest BCUT2D eigenvalue weighted by molar-refractivity contribution is -0.123. The van der Waals surface area contributed by atoms with Gasteiger partial charge in [-0.15, -0.1) is 0 Å². The predicted molar refractivity (Wildman–Crippen MR) is 105 cm³/mol. The maximum atomic E-state index is 11.9. The Morgan fingerprint density at radius 1 is 1.23 bits per heavy atom. The number of hydrogen-bond acceptors (Lipinski definition) is 3. The Morgan fingerprint density at radius 3 is 2.69 bits per heavy atom. The van der Waals surface area contributed by atoms with Crippen LogP contribution in [0.5, 0.6) is 5.75 Å². The lowest BCUT2D eigenvalue weighted by Gasteiger charge is -2.08. The number of nitrogens with one attached hydrogen (secondary N) is 2. The number of aromatic nitrogens is 1. The molecule has 0 saturated heterocycles. The van der Waals surface area contributed by atoms with Crippen LogP contribution in [-0.4, -0.2) is 23.7 Å². The summed E-state index contributed by atoms with van der Waals surface area (Å²) in [5.41, 5.74) is 5.31. The van der Waals surface area contributed by atoms with E-state index in [2.05, 4.69) is 29.4 Å². The Kier molecular flexibility index (Phi) is 5.58. The number of hydrazone groups is 1. The first-order chi connectivity index (χ1) is 12.5. The van der Waals surface area contributed by atoms with Crippen LogP contribution < -0.4 is 10.2 Å². The van der Waals surface area contributed by atoms with Crippen molar-refractivity contribution in [3.05, 3.63) is 64.8 Å². The average Bonchev–Trinajstić information content (AvgIpc) is 2.96. The maximum Gasteiger partial charge on any atom is 0.277 e. The number of aromatic amines is 1. The van der Waals surface area contributed by atoms with Crippen LogP contribution in [0.4, 0.5) is 0 Å². The second-order valence-corrected chi connectivity index (χ2v) is 6.58. The summed E-state index contributed by atoms with van der Waals surface area (Å²) in [5, 5.41) is 5.38. The molecule has 0 bridgehead atoms. The van der Waals surface area contributed by atoms with E-state index in [1.165, 1.54) is 11.8 Å². The molecular formula is C20H20ClN3O2. The molecule has 2 N–H and O–H groups in total. The molecule has 5 nitrogen and oxygen atoms in total. The highest BCUT2D eigenvalue weighted by Gasteiger charge is 2.07. The Bertz CT molecular complexity index is 930. The van der Waals surface area contributed by atoms with Crippen LogP contribution in [-0.2, 0) is 4.79 Å². The van der Waals surface area contributed by atoms with Crippen LogP contribution in [0.15, 0.2) is 53.6 Å². The molecule has 3 rings (SSSR count). The third-order valence-corrected chi connectivity index (χ3v) is 4.30. The molecule has 2 aromatic carbocycles. The van der Waals surface area contributed by atoms with Crippen molar-refractivity contribution in [3.63, 3.8) is 0 Å². The summed E-state index contributed by atoms with van der Waals surface area (Å²) < 4.78 is 5.47. The number of carbonyl (C=O) groups excluding carboxylic acids is 1. The molecule has 1 aromatic heterocycles. The minimum Gasteiger partial charge on any atom is -0.484 e. The molecule has 0 aliphatic rings. The average molecular weight is 370 g/mol. The summed E-state index contributed by atoms with van der Waals surface area (Å²) in [6.07, 6.45) is 1.52. The van der Waals surface area contributed by atoms with Crippen molar-refractivity contribution in [2.24, 2.45) is 5.10 Å². The van der Waals surface area contributed by atoms with Gasteiger partial charge in [-0.3, -0.25) is 4.79 Å². The molecule has 134 valence electrons. The van der Waals surface area contributed by atoms with Gasteiger partial charge in [0.1, 0.15) is 10.9 Å². The predicted octanol–water partition coefficient (Wildman–Crippen LogP) is 4.47. The Hall–Kier alpha value is -2.79. The standard InChI is InChI=1S/C20H20ClN3O2/c1-13(2)14-7-9-15(10-8-14)26-12-19(25)24-22-11-17-16-5-3-4-6-18(16)23-20(17)21/h3-11,13,23H,12H2,1-2H3,(H,24,25)/b22-11+. The van der Waals surface area contributed by atoms with Crippen molar-refractivity contribution < 1.29 is 9.53 Å². The maximum absolute atomic E-state index is 11.9. The molecule has 0 aliphatic heterocycles. The normalized spacial score (nSPS) is 11.4. The van der Waals surface area contributed by atoms with E-state index in [1.54, 1.807) is 0 Å². The molecule has 0 unspecified atom stereocenters. The van der Waals surface area contributed by atoms with Crippen molar-refractivity contribution in [2.75, 3.05) is 6.61 Å². The van der Waals surface area contributed by atoms with Crippen molar-refractivity contribution in [1.82, 2.24) is 10.4 Å². The zero-order valence-corrected chi connectivity index (χ0v) is 15.4. The third-order valence-electron chi connectivity index (χ3n) is 4.00. The molecule has 3 aromatic rings. The monoisotopic (exact) mass is 369 g/mol. The van der Waals surface area contributed by atoms with Gasteiger partial charge in [0.25, 0.3) is 5.91 Å². The number of carbonyl (C=O) groups is 1. The zero-order valence-electron chi connectivity index (χ0n) is 14.6. The molecule has 0 radical (unpaired) electrons. The molecule has 0 fully saturated rings. The van der Waals surface area contributed by atoms with Crippen molar-refractivity contribution in [1.29, 1.82) is 0 Å². The van der Waals surface area contributed by atoms with Crippen LogP contribution in [0.25, 0.3) is 10.9 Å². The fraction of sp³-hybridized carbons (Fsp3) is 0.200. The molecule has 26 heavy (non-hydrogen) atoms. The molecule has 0 saturated carbocycles. The molecule has 0 atom stereocenters. The second kappa shape index (κ2) is 8.06. The van der Waals surface area contributed by atoms with Crippen LogP contribution in [0.3, 0.4) is 0 Å². The van der Waals surface area contributed by atoms with E-state index in [9.17, 15) is 4.79 Å². The van der Waals surface area contributed by atoms with E-state index in [-0.39, 0.29) is 12.5 Å². The Balaban J connectivity index is 1.55. The molecule has 1 heterocycles. The van der Waals surface area contributed by atoms with Gasteiger partial charge in [-0.2, -0.15) is 5.10 Å². The molecular weight excluding hydrogens is 350 g/mol. The fourth-order valence-electron chi connectivity index (χ4n) is 2.56. The summed E-state index contributed by atoms with van der Waals surface area (Å²) in [6, 6.07) is 15.4. The number of halogens is 1. The highest BCUT2D eigenvalue weighted by Crippen LogP contribution is 2.24. The SMILES string of the molecule is CC(C)c1ccc(OCC(=O)N/N=C/c2c(Cl)[nH]c3ccccc23)cc1. The minimum atomic E-state index is -0.342. The van der Waals surface area contributed by atoms with Gasteiger partial charge in [0.05, 0.1) is 6.21 Å². The van der Waals surface area contributed by atoms with Crippen LogP contribution in [0, 0.1) is 0 Å². The van der Waals surface area contributed by atoms with Crippen LogP contribution >= 0.6 is 11.6 Å². The first kappa shape index (κ1) is 18.0. The first-order valence-corrected chi connectivity index (χ1v) is 8.73. The smallest absolute Gasteiger partial charge is 0.277 e. The van der Waals surface area contributed by atoms with Crippen molar-refractivity contribution in [3.8, 4) is 5.75 Å². The minimum absolute atomic E-state index is 0.111. The van der Waals surface area contributed by atoms with Gasteiger partial charge >= 0.3 is 0 Å². The number of H-pyrrole nitrogens is 1. The number of rotatable bonds is 6. The van der Waals surface area contributed by atoms with E-state index < -0.39 is 0 Å². The van der Waals surface area contributed by atoms with Crippen LogP contribution in [0.2, 0.25) is 5.15 Å². The van der Waals surface area contributed by atoms with Gasteiger partial charge in [-0.05, 0) is 29.7 Å². The number of hydrogen-bond donors (Lipinski definition) is 2. The van der Waals surface area contributed by atoms with Crippen molar-refractivity contribution >= 4 is 34.6 Å². The van der Waals surface area contributed by atoms with Crippen LogP contribution in [0.1, 0.15) is 30.9 Å². The fourth-order valence-corrected chi connectivity index (χ4v) is 2.81. The van der Waals surface area contributed by atoms with E-state index in [4.69, 9.17) is 16.3 Å². The lowest BCUT2D eigenvalue weighted by Crippen LogP contribution is -2.24. The van der Waals surface area contributed by atoms with E-state index in [0.717, 1.165) is 16.5 Å². The zero-order chi connectivity index (χ0) is 18.5.